The number of amides is 1. The first-order valence-electron chi connectivity index (χ1n) is 8.03. The fourth-order valence-electron chi connectivity index (χ4n) is 2.78. The van der Waals surface area contributed by atoms with Crippen LogP contribution in [0.3, 0.4) is 0 Å². The van der Waals surface area contributed by atoms with Gasteiger partial charge in [-0.2, -0.15) is 0 Å². The lowest BCUT2D eigenvalue weighted by molar-refractivity contribution is -0.309. The third-order valence-electron chi connectivity index (χ3n) is 3.94. The summed E-state index contributed by atoms with van der Waals surface area (Å²) in [4.78, 5) is 23.7. The molecular formula is C16H27NO9. The number of carbonyl (C=O) groups excluding carboxylic acids is 2. The van der Waals surface area contributed by atoms with E-state index in [4.69, 9.17) is 18.9 Å². The van der Waals surface area contributed by atoms with E-state index in [1.54, 1.807) is 0 Å². The van der Waals surface area contributed by atoms with E-state index in [1.807, 2.05) is 0 Å². The highest BCUT2D eigenvalue weighted by Crippen LogP contribution is 2.34. The summed E-state index contributed by atoms with van der Waals surface area (Å²) in [6.07, 6.45) is -4.70. The van der Waals surface area contributed by atoms with Crippen molar-refractivity contribution in [1.29, 1.82) is 0 Å². The van der Waals surface area contributed by atoms with Gasteiger partial charge in [-0.25, -0.2) is 4.79 Å². The molecule has 1 fully saturated rings. The summed E-state index contributed by atoms with van der Waals surface area (Å²) < 4.78 is 20.6. The Hall–Kier alpha value is -1.56. The molecule has 0 aromatic rings. The molecule has 1 amide bonds. The maximum atomic E-state index is 12.3. The Morgan fingerprint density at radius 1 is 1.42 bits per heavy atom. The first-order valence-corrected chi connectivity index (χ1v) is 8.03. The molecule has 1 rings (SSSR count). The molecule has 4 N–H and O–H groups in total. The van der Waals surface area contributed by atoms with Crippen molar-refractivity contribution in [1.82, 2.24) is 5.32 Å². The first-order chi connectivity index (χ1) is 12.2. The predicted octanol–water partition coefficient (Wildman–Crippen LogP) is -1.92. The molecule has 1 saturated heterocycles. The number of aliphatic hydroxyl groups is 3. The molecule has 26 heavy (non-hydrogen) atoms. The number of aliphatic hydroxyl groups excluding tert-OH is 3. The second kappa shape index (κ2) is 9.95. The fraction of sp³-hybridized carbons (Fsp3) is 0.750. The fourth-order valence-corrected chi connectivity index (χ4v) is 2.78. The average Bonchev–Trinajstić information content (AvgIpc) is 2.60. The van der Waals surface area contributed by atoms with Crippen LogP contribution < -0.4 is 5.32 Å². The van der Waals surface area contributed by atoms with Gasteiger partial charge in [-0.05, 0) is 0 Å². The SMILES string of the molecule is C=CCO[C@]1(C(=O)OC)C[C@H](O)[C@@H](NC(C)=O)[C@H]([C@H](O)[C@H](O)COC)O1. The van der Waals surface area contributed by atoms with Gasteiger partial charge in [0.05, 0.1) is 32.5 Å². The Kier molecular flexibility index (Phi) is 8.60. The third kappa shape index (κ3) is 5.22. The van der Waals surface area contributed by atoms with Crippen LogP contribution in [-0.2, 0) is 28.5 Å². The maximum Gasteiger partial charge on any atom is 0.366 e. The highest BCUT2D eigenvalue weighted by Gasteiger charge is 2.56. The highest BCUT2D eigenvalue weighted by atomic mass is 16.7. The van der Waals surface area contributed by atoms with Crippen LogP contribution in [0, 0.1) is 0 Å². The quantitative estimate of drug-likeness (QED) is 0.267. The van der Waals surface area contributed by atoms with E-state index >= 15 is 0 Å². The summed E-state index contributed by atoms with van der Waals surface area (Å²) in [5.41, 5.74) is 0. The lowest BCUT2D eigenvalue weighted by Crippen LogP contribution is -2.68. The number of esters is 1. The number of methoxy groups -OCH3 is 2. The molecule has 0 unspecified atom stereocenters. The van der Waals surface area contributed by atoms with Crippen LogP contribution in [0.25, 0.3) is 0 Å². The lowest BCUT2D eigenvalue weighted by Gasteiger charge is -2.46. The maximum absolute atomic E-state index is 12.3. The molecular weight excluding hydrogens is 350 g/mol. The Morgan fingerprint density at radius 3 is 2.58 bits per heavy atom. The molecule has 1 aliphatic rings. The van der Waals surface area contributed by atoms with Gasteiger partial charge >= 0.3 is 5.97 Å². The van der Waals surface area contributed by atoms with Crippen molar-refractivity contribution < 1.29 is 43.9 Å². The van der Waals surface area contributed by atoms with Crippen LogP contribution in [0.2, 0.25) is 0 Å². The molecule has 1 heterocycles. The van der Waals surface area contributed by atoms with E-state index in [0.717, 1.165) is 7.11 Å². The average molecular weight is 377 g/mol. The molecule has 0 bridgehead atoms. The zero-order chi connectivity index (χ0) is 19.9. The topological polar surface area (TPSA) is 144 Å². The zero-order valence-corrected chi connectivity index (χ0v) is 15.1. The van der Waals surface area contributed by atoms with Gasteiger partial charge in [0, 0.05) is 20.5 Å². The summed E-state index contributed by atoms with van der Waals surface area (Å²) in [5, 5.41) is 33.4. The minimum atomic E-state index is -2.03. The van der Waals surface area contributed by atoms with Crippen molar-refractivity contribution in [3.8, 4) is 0 Å². The summed E-state index contributed by atoms with van der Waals surface area (Å²) in [5.74, 6) is -3.46. The van der Waals surface area contributed by atoms with Crippen LogP contribution in [0.15, 0.2) is 12.7 Å². The number of hydrogen-bond acceptors (Lipinski definition) is 9. The number of hydrogen-bond donors (Lipinski definition) is 4. The first kappa shape index (κ1) is 22.5. The van der Waals surface area contributed by atoms with Crippen LogP contribution in [0.4, 0.5) is 0 Å². The number of nitrogens with one attached hydrogen (secondary N) is 1. The van der Waals surface area contributed by atoms with E-state index in [0.29, 0.717) is 0 Å². The number of ether oxygens (including phenoxy) is 4. The van der Waals surface area contributed by atoms with Gasteiger partial charge in [-0.15, -0.1) is 6.58 Å². The van der Waals surface area contributed by atoms with Gasteiger partial charge < -0.3 is 39.6 Å². The van der Waals surface area contributed by atoms with Crippen molar-refractivity contribution in [2.45, 2.75) is 49.6 Å². The minimum absolute atomic E-state index is 0.101. The Labute approximate surface area is 151 Å². The summed E-state index contributed by atoms with van der Waals surface area (Å²) >= 11 is 0. The van der Waals surface area contributed by atoms with Gasteiger partial charge in [0.25, 0.3) is 5.79 Å². The van der Waals surface area contributed by atoms with E-state index in [2.05, 4.69) is 11.9 Å². The Bertz CT molecular complexity index is 500. The van der Waals surface area contributed by atoms with Crippen LogP contribution in [-0.4, -0.2) is 90.9 Å². The molecule has 150 valence electrons. The van der Waals surface area contributed by atoms with Crippen LogP contribution >= 0.6 is 0 Å². The molecule has 1 aliphatic heterocycles. The van der Waals surface area contributed by atoms with Crippen LogP contribution in [0.5, 0.6) is 0 Å². The van der Waals surface area contributed by atoms with Crippen LogP contribution in [0.1, 0.15) is 13.3 Å². The van der Waals surface area contributed by atoms with E-state index in [9.17, 15) is 24.9 Å². The van der Waals surface area contributed by atoms with E-state index in [-0.39, 0.29) is 19.6 Å². The number of rotatable bonds is 9. The molecule has 10 heteroatoms. The molecule has 0 aromatic carbocycles. The Morgan fingerprint density at radius 2 is 2.08 bits per heavy atom. The summed E-state index contributed by atoms with van der Waals surface area (Å²) in [6, 6.07) is -1.10. The van der Waals surface area contributed by atoms with Gasteiger partial charge in [-0.1, -0.05) is 6.08 Å². The molecule has 0 saturated carbocycles. The molecule has 0 radical (unpaired) electrons. The van der Waals surface area contributed by atoms with Crippen molar-refractivity contribution in [3.63, 3.8) is 0 Å². The normalized spacial score (nSPS) is 30.9. The summed E-state index contributed by atoms with van der Waals surface area (Å²) in [6.45, 7) is 4.37. The van der Waals surface area contributed by atoms with Crippen molar-refractivity contribution >= 4 is 11.9 Å². The third-order valence-corrected chi connectivity index (χ3v) is 3.94. The molecule has 0 aromatic heterocycles. The van der Waals surface area contributed by atoms with Gasteiger partial charge in [0.1, 0.15) is 18.3 Å². The second-order valence-corrected chi connectivity index (χ2v) is 5.94. The minimum Gasteiger partial charge on any atom is -0.465 e. The lowest BCUT2D eigenvalue weighted by atomic mass is 9.88. The molecule has 10 nitrogen and oxygen atoms in total. The van der Waals surface area contributed by atoms with Crippen molar-refractivity contribution in [2.24, 2.45) is 0 Å². The van der Waals surface area contributed by atoms with E-state index < -0.39 is 48.1 Å². The number of carbonyl (C=O) groups is 2. The standard InChI is InChI=1S/C16H27NO9/c1-5-6-25-16(15(22)24-4)7-10(19)12(17-9(2)18)14(26-16)13(21)11(20)8-23-3/h5,10-14,19-21H,1,6-8H2,2-4H3,(H,17,18)/t10-,11+,12+,13+,14+,16+/m0/s1. The Balaban J connectivity index is 3.23. The summed E-state index contributed by atoms with van der Waals surface area (Å²) in [7, 11) is 2.44. The van der Waals surface area contributed by atoms with Gasteiger partial charge in [0.15, 0.2) is 0 Å². The zero-order valence-electron chi connectivity index (χ0n) is 15.1. The molecule has 6 atom stereocenters. The second-order valence-electron chi connectivity index (χ2n) is 5.94. The van der Waals surface area contributed by atoms with Crippen molar-refractivity contribution in [3.05, 3.63) is 12.7 Å². The largest absolute Gasteiger partial charge is 0.465 e. The smallest absolute Gasteiger partial charge is 0.366 e. The van der Waals surface area contributed by atoms with Crippen molar-refractivity contribution in [2.75, 3.05) is 27.4 Å². The monoisotopic (exact) mass is 377 g/mol. The van der Waals surface area contributed by atoms with E-state index in [1.165, 1.54) is 20.1 Å². The highest BCUT2D eigenvalue weighted by molar-refractivity contribution is 5.78. The molecule has 0 aliphatic carbocycles. The predicted molar refractivity (Wildman–Crippen MR) is 87.9 cm³/mol. The molecule has 0 spiro atoms. The van der Waals surface area contributed by atoms with Gasteiger partial charge in [-0.3, -0.25) is 4.79 Å². The van der Waals surface area contributed by atoms with Gasteiger partial charge in [0.2, 0.25) is 5.91 Å².